The number of rotatable bonds is 3. The zero-order valence-electron chi connectivity index (χ0n) is 28.8. The highest BCUT2D eigenvalue weighted by Crippen LogP contribution is 2.47. The first kappa shape index (κ1) is 29.1. The van der Waals surface area contributed by atoms with Gasteiger partial charge in [0.25, 0.3) is 0 Å². The minimum absolute atomic E-state index is 1.16. The molecule has 10 aromatic carbocycles. The SMILES string of the molecule is Cc1ccc2c(-c3cccc(-n4c5ccc6ccccc6c5c5c6ccccc6ccc54)c3)c3ccccc3c(-c3cccc4ccccc34)c2c1. The molecule has 1 nitrogen and oxygen atoms in total. The van der Waals surface area contributed by atoms with Gasteiger partial charge in [0, 0.05) is 16.5 Å². The lowest BCUT2D eigenvalue weighted by Crippen LogP contribution is -1.96. The molecule has 52 heavy (non-hydrogen) atoms. The van der Waals surface area contributed by atoms with E-state index in [-0.39, 0.29) is 0 Å². The summed E-state index contributed by atoms with van der Waals surface area (Å²) < 4.78 is 2.48. The summed E-state index contributed by atoms with van der Waals surface area (Å²) in [6.45, 7) is 2.21. The average Bonchev–Trinajstić information content (AvgIpc) is 3.55. The number of hydrogen-bond donors (Lipinski definition) is 0. The lowest BCUT2D eigenvalue weighted by Gasteiger charge is -2.20. The maximum absolute atomic E-state index is 2.48. The molecule has 11 aromatic rings. The number of nitrogens with zero attached hydrogens (tertiary/aromatic N) is 1. The molecule has 0 spiro atoms. The zero-order chi connectivity index (χ0) is 34.3. The average molecular weight is 660 g/mol. The number of aryl methyl sites for hydroxylation is 1. The molecule has 0 amide bonds. The third kappa shape index (κ3) is 4.17. The minimum atomic E-state index is 1.16. The molecule has 1 heteroatoms. The van der Waals surface area contributed by atoms with Gasteiger partial charge in [-0.05, 0) is 107 Å². The maximum Gasteiger partial charge on any atom is 0.0547 e. The van der Waals surface area contributed by atoms with Crippen LogP contribution in [0.4, 0.5) is 0 Å². The van der Waals surface area contributed by atoms with Crippen LogP contribution in [0.15, 0.2) is 182 Å². The van der Waals surface area contributed by atoms with Crippen molar-refractivity contribution in [2.24, 2.45) is 0 Å². The van der Waals surface area contributed by atoms with E-state index in [1.165, 1.54) is 103 Å². The van der Waals surface area contributed by atoms with Gasteiger partial charge in [-0.1, -0.05) is 163 Å². The third-order valence-electron chi connectivity index (χ3n) is 11.2. The van der Waals surface area contributed by atoms with Gasteiger partial charge < -0.3 is 4.57 Å². The molecule has 1 heterocycles. The van der Waals surface area contributed by atoms with E-state index < -0.39 is 0 Å². The van der Waals surface area contributed by atoms with Crippen molar-refractivity contribution in [2.45, 2.75) is 6.92 Å². The fourth-order valence-electron chi connectivity index (χ4n) is 8.96. The van der Waals surface area contributed by atoms with Crippen LogP contribution in [0, 0.1) is 6.92 Å². The summed E-state index contributed by atoms with van der Waals surface area (Å²) in [7, 11) is 0. The van der Waals surface area contributed by atoms with Crippen LogP contribution in [0.2, 0.25) is 0 Å². The summed E-state index contributed by atoms with van der Waals surface area (Å²) in [5, 5.41) is 15.3. The highest BCUT2D eigenvalue weighted by molar-refractivity contribution is 6.29. The van der Waals surface area contributed by atoms with E-state index in [9.17, 15) is 0 Å². The molecule has 0 radical (unpaired) electrons. The first-order chi connectivity index (χ1) is 25.7. The van der Waals surface area contributed by atoms with Crippen molar-refractivity contribution < 1.29 is 0 Å². The van der Waals surface area contributed by atoms with Crippen molar-refractivity contribution in [1.29, 1.82) is 0 Å². The van der Waals surface area contributed by atoms with Gasteiger partial charge in [0.1, 0.15) is 0 Å². The Bertz CT molecular complexity index is 3150. The van der Waals surface area contributed by atoms with Crippen LogP contribution in [-0.2, 0) is 0 Å². The van der Waals surface area contributed by atoms with Crippen molar-refractivity contribution in [1.82, 2.24) is 4.57 Å². The highest BCUT2D eigenvalue weighted by Gasteiger charge is 2.21. The van der Waals surface area contributed by atoms with Crippen molar-refractivity contribution in [2.75, 3.05) is 0 Å². The summed E-state index contributed by atoms with van der Waals surface area (Å²) >= 11 is 0. The molecule has 0 aliphatic rings. The van der Waals surface area contributed by atoms with Crippen molar-refractivity contribution in [3.8, 4) is 27.9 Å². The zero-order valence-corrected chi connectivity index (χ0v) is 28.8. The largest absolute Gasteiger partial charge is 0.309 e. The Kier molecular flexibility index (Phi) is 6.23. The fourth-order valence-corrected chi connectivity index (χ4v) is 8.96. The van der Waals surface area contributed by atoms with E-state index in [0.29, 0.717) is 0 Å². The minimum Gasteiger partial charge on any atom is -0.309 e. The lowest BCUT2D eigenvalue weighted by atomic mass is 9.84. The summed E-state index contributed by atoms with van der Waals surface area (Å²) in [6.07, 6.45) is 0. The van der Waals surface area contributed by atoms with Crippen LogP contribution in [0.1, 0.15) is 5.56 Å². The van der Waals surface area contributed by atoms with E-state index in [1.807, 2.05) is 0 Å². The second-order valence-electron chi connectivity index (χ2n) is 14.1. The Morgan fingerprint density at radius 3 is 1.54 bits per heavy atom. The van der Waals surface area contributed by atoms with Crippen LogP contribution >= 0.6 is 0 Å². The molecule has 0 atom stereocenters. The number of hydrogen-bond acceptors (Lipinski definition) is 0. The van der Waals surface area contributed by atoms with E-state index in [0.717, 1.165) is 5.69 Å². The highest BCUT2D eigenvalue weighted by atomic mass is 15.0. The molecule has 0 aliphatic carbocycles. The molecule has 11 rings (SSSR count). The van der Waals surface area contributed by atoms with Crippen LogP contribution in [0.25, 0.3) is 104 Å². The Morgan fingerprint density at radius 1 is 0.346 bits per heavy atom. The predicted molar refractivity (Wildman–Crippen MR) is 224 cm³/mol. The fraction of sp³-hybridized carbons (Fsp3) is 0.0196. The van der Waals surface area contributed by atoms with Crippen molar-refractivity contribution in [3.05, 3.63) is 188 Å². The molecule has 1 aromatic heterocycles. The number of aromatic nitrogens is 1. The van der Waals surface area contributed by atoms with Crippen LogP contribution in [-0.4, -0.2) is 4.57 Å². The molecule has 0 N–H and O–H groups in total. The number of fused-ring (bicyclic) bond motifs is 10. The van der Waals surface area contributed by atoms with Gasteiger partial charge in [0.05, 0.1) is 11.0 Å². The van der Waals surface area contributed by atoms with Gasteiger partial charge in [-0.25, -0.2) is 0 Å². The summed E-state index contributed by atoms with van der Waals surface area (Å²) in [5.74, 6) is 0. The second-order valence-corrected chi connectivity index (χ2v) is 14.1. The molecule has 0 fully saturated rings. The molecular formula is C51H33N. The molecule has 0 bridgehead atoms. The van der Waals surface area contributed by atoms with E-state index >= 15 is 0 Å². The molecule has 0 saturated heterocycles. The summed E-state index contributed by atoms with van der Waals surface area (Å²) in [5.41, 5.74) is 9.91. The van der Waals surface area contributed by atoms with Crippen molar-refractivity contribution in [3.63, 3.8) is 0 Å². The van der Waals surface area contributed by atoms with Gasteiger partial charge in [0.15, 0.2) is 0 Å². The second kappa shape index (κ2) is 11.2. The smallest absolute Gasteiger partial charge is 0.0547 e. The predicted octanol–water partition coefficient (Wildman–Crippen LogP) is 14.2. The van der Waals surface area contributed by atoms with Crippen LogP contribution in [0.5, 0.6) is 0 Å². The topological polar surface area (TPSA) is 4.93 Å². The normalized spacial score (nSPS) is 11.9. The van der Waals surface area contributed by atoms with E-state index in [2.05, 4.69) is 193 Å². The van der Waals surface area contributed by atoms with E-state index in [4.69, 9.17) is 0 Å². The lowest BCUT2D eigenvalue weighted by molar-refractivity contribution is 1.18. The Balaban J connectivity index is 1.23. The quantitative estimate of drug-likeness (QED) is 0.166. The van der Waals surface area contributed by atoms with Gasteiger partial charge in [-0.3, -0.25) is 0 Å². The van der Waals surface area contributed by atoms with Gasteiger partial charge >= 0.3 is 0 Å². The first-order valence-corrected chi connectivity index (χ1v) is 18.1. The Morgan fingerprint density at radius 2 is 0.865 bits per heavy atom. The van der Waals surface area contributed by atoms with Crippen LogP contribution < -0.4 is 0 Å². The summed E-state index contributed by atoms with van der Waals surface area (Å²) in [6, 6.07) is 67.4. The molecule has 242 valence electrons. The Hall–Kier alpha value is -6.70. The molecule has 0 saturated carbocycles. The molecule has 0 unspecified atom stereocenters. The van der Waals surface area contributed by atoms with Crippen molar-refractivity contribution >= 4 is 75.7 Å². The third-order valence-corrected chi connectivity index (χ3v) is 11.2. The van der Waals surface area contributed by atoms with Crippen LogP contribution in [0.3, 0.4) is 0 Å². The van der Waals surface area contributed by atoms with Gasteiger partial charge in [0.2, 0.25) is 0 Å². The standard InChI is InChI=1S/C51H33N/c1-32-24-27-44-45(30-32)49(41-23-11-15-33-12-2-5-18-38(33)41)43-22-9-8-21-42(43)48(44)36-16-10-17-37(31-36)52-46-28-25-34-13-3-6-19-39(34)50(46)51-40-20-7-4-14-35(40)26-29-47(51)52/h2-31H,1H3. The van der Waals surface area contributed by atoms with E-state index in [1.54, 1.807) is 0 Å². The van der Waals surface area contributed by atoms with Gasteiger partial charge in [-0.15, -0.1) is 0 Å². The number of benzene rings is 10. The Labute approximate surface area is 301 Å². The molecular weight excluding hydrogens is 627 g/mol. The maximum atomic E-state index is 2.48. The monoisotopic (exact) mass is 659 g/mol. The summed E-state index contributed by atoms with van der Waals surface area (Å²) in [4.78, 5) is 0. The first-order valence-electron chi connectivity index (χ1n) is 18.1. The van der Waals surface area contributed by atoms with Gasteiger partial charge in [-0.2, -0.15) is 0 Å². The molecule has 0 aliphatic heterocycles.